The highest BCUT2D eigenvalue weighted by atomic mass is 79.9. The number of pyridine rings is 1. The molecule has 6 heteroatoms. The van der Waals surface area contributed by atoms with E-state index in [4.69, 9.17) is 4.74 Å². The van der Waals surface area contributed by atoms with Crippen molar-refractivity contribution in [2.45, 2.75) is 0 Å². The lowest BCUT2D eigenvalue weighted by Gasteiger charge is -2.03. The van der Waals surface area contributed by atoms with Crippen LogP contribution in [0.2, 0.25) is 0 Å². The molecular formula is C9H5BrFN3O. The summed E-state index contributed by atoms with van der Waals surface area (Å²) in [5, 5.41) is 0. The summed E-state index contributed by atoms with van der Waals surface area (Å²) in [4.78, 5) is 11.0. The predicted molar refractivity (Wildman–Crippen MR) is 54.0 cm³/mol. The third kappa shape index (κ3) is 2.69. The Bertz CT molecular complexity index is 437. The lowest BCUT2D eigenvalue weighted by Crippen LogP contribution is -1.91. The predicted octanol–water partition coefficient (Wildman–Crippen LogP) is 2.57. The summed E-state index contributed by atoms with van der Waals surface area (Å²) in [5.74, 6) is -0.0205. The van der Waals surface area contributed by atoms with Crippen molar-refractivity contribution in [3.63, 3.8) is 0 Å². The van der Waals surface area contributed by atoms with Gasteiger partial charge in [-0.1, -0.05) is 0 Å². The molecule has 0 atom stereocenters. The van der Waals surface area contributed by atoms with Crippen LogP contribution in [0.25, 0.3) is 0 Å². The molecule has 0 radical (unpaired) electrons. The number of nitrogens with zero attached hydrogens (tertiary/aromatic N) is 3. The standard InChI is InChI=1S/C9H5BrFN3O/c10-6-1-7(4-12-3-6)15-9-2-8(11)13-5-14-9/h1-5H. The first-order chi connectivity index (χ1) is 7.24. The zero-order valence-corrected chi connectivity index (χ0v) is 8.98. The van der Waals surface area contributed by atoms with Gasteiger partial charge in [0.2, 0.25) is 11.8 Å². The van der Waals surface area contributed by atoms with Crippen molar-refractivity contribution in [3.8, 4) is 11.6 Å². The van der Waals surface area contributed by atoms with E-state index in [9.17, 15) is 4.39 Å². The van der Waals surface area contributed by atoms with Gasteiger partial charge < -0.3 is 4.74 Å². The summed E-state index contributed by atoms with van der Waals surface area (Å²) in [6.07, 6.45) is 4.22. The Morgan fingerprint density at radius 3 is 2.80 bits per heavy atom. The SMILES string of the molecule is Fc1cc(Oc2cncc(Br)c2)ncn1. The van der Waals surface area contributed by atoms with E-state index >= 15 is 0 Å². The molecule has 0 aliphatic rings. The van der Waals surface area contributed by atoms with Gasteiger partial charge in [0, 0.05) is 10.7 Å². The third-order valence-electron chi connectivity index (χ3n) is 1.51. The first-order valence-electron chi connectivity index (χ1n) is 4.00. The third-order valence-corrected chi connectivity index (χ3v) is 1.94. The average Bonchev–Trinajstić information content (AvgIpc) is 2.17. The number of halogens is 2. The Hall–Kier alpha value is -1.56. The van der Waals surface area contributed by atoms with Gasteiger partial charge in [0.1, 0.15) is 12.1 Å². The summed E-state index contributed by atoms with van der Waals surface area (Å²) >= 11 is 3.24. The number of hydrogen-bond donors (Lipinski definition) is 0. The molecule has 0 aromatic carbocycles. The van der Waals surface area contributed by atoms with E-state index in [2.05, 4.69) is 30.9 Å². The van der Waals surface area contributed by atoms with Crippen molar-refractivity contribution in [1.29, 1.82) is 0 Å². The van der Waals surface area contributed by atoms with Crippen LogP contribution in [0.5, 0.6) is 11.6 Å². The highest BCUT2D eigenvalue weighted by molar-refractivity contribution is 9.10. The van der Waals surface area contributed by atoms with Crippen LogP contribution in [0.3, 0.4) is 0 Å². The molecular weight excluding hydrogens is 265 g/mol. The molecule has 15 heavy (non-hydrogen) atoms. The van der Waals surface area contributed by atoms with Crippen LogP contribution in [-0.4, -0.2) is 15.0 Å². The zero-order chi connectivity index (χ0) is 10.7. The summed E-state index contributed by atoms with van der Waals surface area (Å²) in [7, 11) is 0. The summed E-state index contributed by atoms with van der Waals surface area (Å²) in [5.41, 5.74) is 0. The molecule has 0 spiro atoms. The van der Waals surface area contributed by atoms with Crippen LogP contribution < -0.4 is 4.74 Å². The second kappa shape index (κ2) is 4.31. The van der Waals surface area contributed by atoms with Gasteiger partial charge in [0.05, 0.1) is 12.3 Å². The van der Waals surface area contributed by atoms with Gasteiger partial charge in [-0.05, 0) is 22.0 Å². The van der Waals surface area contributed by atoms with E-state index < -0.39 is 5.95 Å². The molecule has 0 amide bonds. The minimum absolute atomic E-state index is 0.141. The molecule has 0 aliphatic heterocycles. The maximum absolute atomic E-state index is 12.7. The minimum atomic E-state index is -0.636. The lowest BCUT2D eigenvalue weighted by atomic mass is 10.5. The average molecular weight is 270 g/mol. The maximum atomic E-state index is 12.7. The van der Waals surface area contributed by atoms with Gasteiger partial charge in [-0.25, -0.2) is 9.97 Å². The second-order valence-electron chi connectivity index (χ2n) is 2.62. The monoisotopic (exact) mass is 269 g/mol. The highest BCUT2D eigenvalue weighted by Crippen LogP contribution is 2.21. The molecule has 0 aliphatic carbocycles. The Kier molecular flexibility index (Phi) is 2.86. The van der Waals surface area contributed by atoms with Crippen LogP contribution in [0.1, 0.15) is 0 Å². The van der Waals surface area contributed by atoms with Gasteiger partial charge in [-0.3, -0.25) is 4.98 Å². The minimum Gasteiger partial charge on any atom is -0.437 e. The van der Waals surface area contributed by atoms with E-state index in [0.717, 1.165) is 16.9 Å². The van der Waals surface area contributed by atoms with Crippen molar-refractivity contribution in [2.24, 2.45) is 0 Å². The van der Waals surface area contributed by atoms with E-state index in [-0.39, 0.29) is 5.88 Å². The zero-order valence-electron chi connectivity index (χ0n) is 7.39. The van der Waals surface area contributed by atoms with Crippen LogP contribution in [0, 0.1) is 5.95 Å². The van der Waals surface area contributed by atoms with Crippen LogP contribution >= 0.6 is 15.9 Å². The largest absolute Gasteiger partial charge is 0.437 e. The highest BCUT2D eigenvalue weighted by Gasteiger charge is 2.01. The van der Waals surface area contributed by atoms with Crippen LogP contribution in [0.4, 0.5) is 4.39 Å². The van der Waals surface area contributed by atoms with Gasteiger partial charge >= 0.3 is 0 Å². The maximum Gasteiger partial charge on any atom is 0.225 e. The number of hydrogen-bond acceptors (Lipinski definition) is 4. The molecule has 0 saturated carbocycles. The van der Waals surface area contributed by atoms with Gasteiger partial charge in [-0.2, -0.15) is 4.39 Å². The number of aromatic nitrogens is 3. The molecule has 0 bridgehead atoms. The molecule has 0 unspecified atom stereocenters. The molecule has 0 N–H and O–H groups in total. The Labute approximate surface area is 93.3 Å². The molecule has 2 aromatic heterocycles. The van der Waals surface area contributed by atoms with Crippen molar-refractivity contribution in [3.05, 3.63) is 41.3 Å². The fraction of sp³-hybridized carbons (Fsp3) is 0. The summed E-state index contributed by atoms with van der Waals surface area (Å²) in [6.45, 7) is 0. The molecule has 76 valence electrons. The Balaban J connectivity index is 2.22. The molecule has 2 rings (SSSR count). The second-order valence-corrected chi connectivity index (χ2v) is 3.54. The lowest BCUT2D eigenvalue weighted by molar-refractivity contribution is 0.448. The molecule has 2 heterocycles. The normalized spacial score (nSPS) is 10.0. The van der Waals surface area contributed by atoms with E-state index in [0.29, 0.717) is 5.75 Å². The fourth-order valence-electron chi connectivity index (χ4n) is 0.942. The first kappa shape index (κ1) is 9.97. The van der Waals surface area contributed by atoms with E-state index in [1.54, 1.807) is 12.3 Å². The Morgan fingerprint density at radius 2 is 2.07 bits per heavy atom. The topological polar surface area (TPSA) is 47.9 Å². The fourth-order valence-corrected chi connectivity index (χ4v) is 1.29. The summed E-state index contributed by atoms with van der Waals surface area (Å²) < 4.78 is 18.7. The van der Waals surface area contributed by atoms with E-state index in [1.807, 2.05) is 0 Å². The molecule has 0 fully saturated rings. The van der Waals surface area contributed by atoms with Crippen molar-refractivity contribution in [1.82, 2.24) is 15.0 Å². The number of rotatable bonds is 2. The number of ether oxygens (including phenoxy) is 1. The smallest absolute Gasteiger partial charge is 0.225 e. The Morgan fingerprint density at radius 1 is 1.20 bits per heavy atom. The molecule has 0 saturated heterocycles. The van der Waals surface area contributed by atoms with Crippen molar-refractivity contribution in [2.75, 3.05) is 0 Å². The van der Waals surface area contributed by atoms with Crippen molar-refractivity contribution < 1.29 is 9.13 Å². The van der Waals surface area contributed by atoms with Crippen LogP contribution in [-0.2, 0) is 0 Å². The van der Waals surface area contributed by atoms with E-state index in [1.165, 1.54) is 6.20 Å². The molecule has 2 aromatic rings. The first-order valence-corrected chi connectivity index (χ1v) is 4.79. The van der Waals surface area contributed by atoms with Crippen molar-refractivity contribution >= 4 is 15.9 Å². The summed E-state index contributed by atoms with van der Waals surface area (Å²) in [6, 6.07) is 2.80. The van der Waals surface area contributed by atoms with Gasteiger partial charge in [0.25, 0.3) is 0 Å². The van der Waals surface area contributed by atoms with Gasteiger partial charge in [-0.15, -0.1) is 0 Å². The molecule has 4 nitrogen and oxygen atoms in total. The van der Waals surface area contributed by atoms with Gasteiger partial charge in [0.15, 0.2) is 0 Å². The van der Waals surface area contributed by atoms with Crippen LogP contribution in [0.15, 0.2) is 35.3 Å². The quantitative estimate of drug-likeness (QED) is 0.787.